The first-order valence-corrected chi connectivity index (χ1v) is 5.32. The standard InChI is InChI=1S/C11H23N/c1-5-6-9-12(4)11(3)8-7-10(11)2/h10H,5-9H2,1-4H3. The van der Waals surface area contributed by atoms with Crippen molar-refractivity contribution in [2.45, 2.75) is 52.0 Å². The van der Waals surface area contributed by atoms with Gasteiger partial charge in [-0.05, 0) is 45.7 Å². The number of unbranched alkanes of at least 4 members (excludes halogenated alkanes) is 1. The van der Waals surface area contributed by atoms with Crippen molar-refractivity contribution >= 4 is 0 Å². The van der Waals surface area contributed by atoms with E-state index in [0.29, 0.717) is 5.54 Å². The molecule has 2 atom stereocenters. The summed E-state index contributed by atoms with van der Waals surface area (Å²) in [6.45, 7) is 8.33. The highest BCUT2D eigenvalue weighted by Gasteiger charge is 2.42. The summed E-state index contributed by atoms with van der Waals surface area (Å²) in [6.07, 6.45) is 5.48. The van der Waals surface area contributed by atoms with Crippen molar-refractivity contribution in [1.29, 1.82) is 0 Å². The van der Waals surface area contributed by atoms with E-state index < -0.39 is 0 Å². The molecule has 2 unspecified atom stereocenters. The molecular formula is C11H23N. The van der Waals surface area contributed by atoms with Crippen molar-refractivity contribution in [1.82, 2.24) is 4.90 Å². The maximum Gasteiger partial charge on any atom is 0.0204 e. The van der Waals surface area contributed by atoms with E-state index in [4.69, 9.17) is 0 Å². The maximum atomic E-state index is 2.56. The summed E-state index contributed by atoms with van der Waals surface area (Å²) in [7, 11) is 2.28. The average molecular weight is 169 g/mol. The minimum Gasteiger partial charge on any atom is -0.301 e. The molecule has 0 saturated heterocycles. The van der Waals surface area contributed by atoms with Crippen molar-refractivity contribution < 1.29 is 0 Å². The highest BCUT2D eigenvalue weighted by Crippen LogP contribution is 2.41. The molecule has 0 aromatic heterocycles. The lowest BCUT2D eigenvalue weighted by molar-refractivity contribution is -0.00396. The van der Waals surface area contributed by atoms with Crippen LogP contribution in [-0.4, -0.2) is 24.0 Å². The molecule has 0 spiro atoms. The van der Waals surface area contributed by atoms with Crippen molar-refractivity contribution in [2.24, 2.45) is 5.92 Å². The third kappa shape index (κ3) is 1.66. The maximum absolute atomic E-state index is 2.56. The van der Waals surface area contributed by atoms with Crippen LogP contribution in [0.1, 0.15) is 46.5 Å². The van der Waals surface area contributed by atoms with E-state index >= 15 is 0 Å². The van der Waals surface area contributed by atoms with Gasteiger partial charge in [-0.15, -0.1) is 0 Å². The largest absolute Gasteiger partial charge is 0.301 e. The lowest BCUT2D eigenvalue weighted by atomic mass is 9.68. The van der Waals surface area contributed by atoms with Crippen LogP contribution in [0.2, 0.25) is 0 Å². The second-order valence-electron chi connectivity index (χ2n) is 4.57. The van der Waals surface area contributed by atoms with Crippen LogP contribution in [0.15, 0.2) is 0 Å². The van der Waals surface area contributed by atoms with Crippen molar-refractivity contribution in [3.05, 3.63) is 0 Å². The second-order valence-corrected chi connectivity index (χ2v) is 4.57. The minimum atomic E-state index is 0.523. The molecule has 1 heteroatoms. The van der Waals surface area contributed by atoms with Crippen LogP contribution in [0.3, 0.4) is 0 Å². The Kier molecular flexibility index (Phi) is 3.16. The molecule has 0 aromatic rings. The van der Waals surface area contributed by atoms with Gasteiger partial charge in [0.15, 0.2) is 0 Å². The van der Waals surface area contributed by atoms with Gasteiger partial charge in [0.1, 0.15) is 0 Å². The summed E-state index contributed by atoms with van der Waals surface area (Å²) < 4.78 is 0. The summed E-state index contributed by atoms with van der Waals surface area (Å²) >= 11 is 0. The molecule has 0 aromatic carbocycles. The Bertz CT molecular complexity index is 144. The minimum absolute atomic E-state index is 0.523. The average Bonchev–Trinajstić information content (AvgIpc) is 2.10. The number of rotatable bonds is 4. The zero-order chi connectivity index (χ0) is 9.19. The van der Waals surface area contributed by atoms with Gasteiger partial charge >= 0.3 is 0 Å². The molecule has 0 aliphatic heterocycles. The first-order valence-electron chi connectivity index (χ1n) is 5.32. The Morgan fingerprint density at radius 3 is 2.50 bits per heavy atom. The molecule has 0 heterocycles. The van der Waals surface area contributed by atoms with Gasteiger partial charge in [-0.3, -0.25) is 0 Å². The van der Waals surface area contributed by atoms with Gasteiger partial charge in [0, 0.05) is 5.54 Å². The number of hydrogen-bond acceptors (Lipinski definition) is 1. The zero-order valence-electron chi connectivity index (χ0n) is 9.06. The van der Waals surface area contributed by atoms with Gasteiger partial charge < -0.3 is 4.90 Å². The predicted octanol–water partition coefficient (Wildman–Crippen LogP) is 2.91. The quantitative estimate of drug-likeness (QED) is 0.625. The predicted molar refractivity (Wildman–Crippen MR) is 54.3 cm³/mol. The zero-order valence-corrected chi connectivity index (χ0v) is 9.06. The fourth-order valence-corrected chi connectivity index (χ4v) is 2.07. The van der Waals surface area contributed by atoms with E-state index in [-0.39, 0.29) is 0 Å². The molecule has 1 nitrogen and oxygen atoms in total. The van der Waals surface area contributed by atoms with Crippen LogP contribution >= 0.6 is 0 Å². The lowest BCUT2D eigenvalue weighted by Crippen LogP contribution is -2.55. The molecule has 1 fully saturated rings. The molecule has 0 amide bonds. The summed E-state index contributed by atoms with van der Waals surface area (Å²) in [5.41, 5.74) is 0.523. The second kappa shape index (κ2) is 3.78. The molecule has 1 aliphatic carbocycles. The Morgan fingerprint density at radius 2 is 2.17 bits per heavy atom. The molecule has 1 rings (SSSR count). The summed E-state index contributed by atoms with van der Waals surface area (Å²) in [6, 6.07) is 0. The van der Waals surface area contributed by atoms with Crippen LogP contribution in [0.5, 0.6) is 0 Å². The van der Waals surface area contributed by atoms with Gasteiger partial charge in [0.05, 0.1) is 0 Å². The monoisotopic (exact) mass is 169 g/mol. The fourth-order valence-electron chi connectivity index (χ4n) is 2.07. The number of hydrogen-bond donors (Lipinski definition) is 0. The van der Waals surface area contributed by atoms with E-state index in [9.17, 15) is 0 Å². The van der Waals surface area contributed by atoms with Crippen LogP contribution in [-0.2, 0) is 0 Å². The number of nitrogens with zero attached hydrogens (tertiary/aromatic N) is 1. The topological polar surface area (TPSA) is 3.24 Å². The molecule has 0 bridgehead atoms. The summed E-state index contributed by atoms with van der Waals surface area (Å²) in [4.78, 5) is 2.56. The highest BCUT2D eigenvalue weighted by molar-refractivity contribution is 4.97. The third-order valence-corrected chi connectivity index (χ3v) is 3.86. The highest BCUT2D eigenvalue weighted by atomic mass is 15.2. The van der Waals surface area contributed by atoms with Crippen LogP contribution in [0.25, 0.3) is 0 Å². The fraction of sp³-hybridized carbons (Fsp3) is 1.00. The smallest absolute Gasteiger partial charge is 0.0204 e. The van der Waals surface area contributed by atoms with Crippen molar-refractivity contribution in [2.75, 3.05) is 13.6 Å². The van der Waals surface area contributed by atoms with Crippen molar-refractivity contribution in [3.8, 4) is 0 Å². The van der Waals surface area contributed by atoms with Gasteiger partial charge in [-0.25, -0.2) is 0 Å². The Morgan fingerprint density at radius 1 is 1.50 bits per heavy atom. The first-order chi connectivity index (χ1) is 5.61. The molecule has 12 heavy (non-hydrogen) atoms. The molecule has 1 aliphatic rings. The third-order valence-electron chi connectivity index (χ3n) is 3.86. The lowest BCUT2D eigenvalue weighted by Gasteiger charge is -2.52. The van der Waals surface area contributed by atoms with Crippen LogP contribution < -0.4 is 0 Å². The Labute approximate surface area is 77.1 Å². The molecular weight excluding hydrogens is 146 g/mol. The van der Waals surface area contributed by atoms with Gasteiger partial charge in [-0.1, -0.05) is 20.3 Å². The van der Waals surface area contributed by atoms with E-state index in [2.05, 4.69) is 32.7 Å². The van der Waals surface area contributed by atoms with E-state index in [1.54, 1.807) is 0 Å². The van der Waals surface area contributed by atoms with E-state index in [1.165, 1.54) is 32.2 Å². The van der Waals surface area contributed by atoms with E-state index in [1.807, 2.05) is 0 Å². The van der Waals surface area contributed by atoms with Crippen LogP contribution in [0.4, 0.5) is 0 Å². The summed E-state index contributed by atoms with van der Waals surface area (Å²) in [5, 5.41) is 0. The molecule has 1 saturated carbocycles. The molecule has 0 radical (unpaired) electrons. The SMILES string of the molecule is CCCCN(C)C1(C)CCC1C. The Balaban J connectivity index is 2.35. The van der Waals surface area contributed by atoms with Gasteiger partial charge in [0.25, 0.3) is 0 Å². The van der Waals surface area contributed by atoms with Gasteiger partial charge in [-0.2, -0.15) is 0 Å². The molecule has 72 valence electrons. The first kappa shape index (κ1) is 10.0. The van der Waals surface area contributed by atoms with Crippen LogP contribution in [0, 0.1) is 5.92 Å². The normalized spacial score (nSPS) is 35.2. The van der Waals surface area contributed by atoms with Crippen molar-refractivity contribution in [3.63, 3.8) is 0 Å². The molecule has 0 N–H and O–H groups in total. The van der Waals surface area contributed by atoms with Gasteiger partial charge in [0.2, 0.25) is 0 Å². The van der Waals surface area contributed by atoms with E-state index in [0.717, 1.165) is 5.92 Å². The summed E-state index contributed by atoms with van der Waals surface area (Å²) in [5.74, 6) is 0.902. The Hall–Kier alpha value is -0.0400.